The van der Waals surface area contributed by atoms with Crippen LogP contribution in [0.15, 0.2) is 12.1 Å². The van der Waals surface area contributed by atoms with E-state index in [1.165, 1.54) is 32.1 Å². The first-order valence-corrected chi connectivity index (χ1v) is 7.87. The molecule has 2 N–H and O–H groups in total. The van der Waals surface area contributed by atoms with Crippen molar-refractivity contribution in [1.82, 2.24) is 4.98 Å². The predicted molar refractivity (Wildman–Crippen MR) is 84.8 cm³/mol. The molecule has 0 amide bonds. The molecule has 116 valence electrons. The summed E-state index contributed by atoms with van der Waals surface area (Å²) in [5.41, 5.74) is 1.23. The Bertz CT molecular complexity index is 506. The predicted octanol–water partition coefficient (Wildman–Crippen LogP) is 4.11. The van der Waals surface area contributed by atoms with Crippen LogP contribution in [0, 0.1) is 18.3 Å². The van der Waals surface area contributed by atoms with Gasteiger partial charge in [-0.2, -0.15) is 0 Å². The molecule has 1 aromatic rings. The number of pyridine rings is 1. The molecule has 1 aliphatic carbocycles. The van der Waals surface area contributed by atoms with E-state index in [0.29, 0.717) is 17.0 Å². The van der Waals surface area contributed by atoms with Crippen molar-refractivity contribution in [3.63, 3.8) is 0 Å². The van der Waals surface area contributed by atoms with Gasteiger partial charge >= 0.3 is 5.97 Å². The molecule has 1 heterocycles. The Balaban J connectivity index is 2.04. The summed E-state index contributed by atoms with van der Waals surface area (Å²) < 4.78 is 0. The third-order valence-corrected chi connectivity index (χ3v) is 4.47. The Morgan fingerprint density at radius 3 is 2.57 bits per heavy atom. The zero-order valence-electron chi connectivity index (χ0n) is 13.3. The largest absolute Gasteiger partial charge is 0.478 e. The molecule has 0 saturated heterocycles. The number of rotatable bonds is 6. The van der Waals surface area contributed by atoms with Gasteiger partial charge in [-0.1, -0.05) is 26.7 Å². The molecule has 0 spiro atoms. The summed E-state index contributed by atoms with van der Waals surface area (Å²) in [6, 6.07) is 3.41. The lowest BCUT2D eigenvalue weighted by Crippen LogP contribution is -2.28. The van der Waals surface area contributed by atoms with E-state index in [2.05, 4.69) is 24.1 Å². The highest BCUT2D eigenvalue weighted by molar-refractivity contribution is 5.89. The molecule has 0 unspecified atom stereocenters. The van der Waals surface area contributed by atoms with Crippen molar-refractivity contribution in [3.8, 4) is 0 Å². The fraction of sp³-hybridized carbons (Fsp3) is 0.647. The lowest BCUT2D eigenvalue weighted by molar-refractivity contribution is 0.0695. The van der Waals surface area contributed by atoms with Crippen molar-refractivity contribution in [2.24, 2.45) is 11.3 Å². The maximum absolute atomic E-state index is 11.0. The Hall–Kier alpha value is -1.58. The summed E-state index contributed by atoms with van der Waals surface area (Å²) in [5.74, 6) is 0.570. The molecule has 2 rings (SSSR count). The quantitative estimate of drug-likeness (QED) is 0.827. The van der Waals surface area contributed by atoms with E-state index >= 15 is 0 Å². The molecule has 0 aromatic carbocycles. The summed E-state index contributed by atoms with van der Waals surface area (Å²) in [6.45, 7) is 7.24. The average Bonchev–Trinajstić information content (AvgIpc) is 2.84. The van der Waals surface area contributed by atoms with E-state index < -0.39 is 5.97 Å². The number of carbonyl (C=O) groups is 1. The molecule has 1 aliphatic rings. The van der Waals surface area contributed by atoms with Crippen molar-refractivity contribution in [2.75, 3.05) is 11.9 Å². The molecule has 0 bridgehead atoms. The van der Waals surface area contributed by atoms with E-state index in [9.17, 15) is 4.79 Å². The lowest BCUT2D eigenvalue weighted by atomic mass is 9.78. The minimum absolute atomic E-state index is 0.276. The van der Waals surface area contributed by atoms with Gasteiger partial charge in [0.2, 0.25) is 0 Å². The standard InChI is InChI=1S/C17H26N2O2/c1-12(2)10-17(8-4-5-9-17)11-18-15-7-6-14(16(20)21)13(3)19-15/h6-7,12H,4-5,8-11H2,1-3H3,(H,18,19)(H,20,21). The lowest BCUT2D eigenvalue weighted by Gasteiger charge is -2.31. The molecule has 0 aliphatic heterocycles. The van der Waals surface area contributed by atoms with Crippen LogP contribution in [-0.4, -0.2) is 22.6 Å². The molecule has 0 atom stereocenters. The van der Waals surface area contributed by atoms with Crippen molar-refractivity contribution in [2.45, 2.75) is 52.9 Å². The molecule has 0 radical (unpaired) electrons. The van der Waals surface area contributed by atoms with Crippen LogP contribution >= 0.6 is 0 Å². The minimum atomic E-state index is -0.918. The molecule has 1 saturated carbocycles. The molecule has 21 heavy (non-hydrogen) atoms. The second kappa shape index (κ2) is 6.46. The van der Waals surface area contributed by atoms with Gasteiger partial charge in [0, 0.05) is 6.54 Å². The Morgan fingerprint density at radius 2 is 2.05 bits per heavy atom. The molecular formula is C17H26N2O2. The van der Waals surface area contributed by atoms with E-state index in [0.717, 1.165) is 12.4 Å². The smallest absolute Gasteiger partial charge is 0.337 e. The van der Waals surface area contributed by atoms with Gasteiger partial charge in [0.1, 0.15) is 5.82 Å². The molecule has 1 aromatic heterocycles. The topological polar surface area (TPSA) is 62.2 Å². The number of aromatic carboxylic acids is 1. The second-order valence-electron chi connectivity index (χ2n) is 6.79. The third kappa shape index (κ3) is 3.96. The van der Waals surface area contributed by atoms with Crippen molar-refractivity contribution >= 4 is 11.8 Å². The van der Waals surface area contributed by atoms with Crippen molar-refractivity contribution in [1.29, 1.82) is 0 Å². The highest BCUT2D eigenvalue weighted by Gasteiger charge is 2.34. The summed E-state index contributed by atoms with van der Waals surface area (Å²) in [7, 11) is 0. The number of carboxylic acids is 1. The van der Waals surface area contributed by atoms with Crippen molar-refractivity contribution < 1.29 is 9.90 Å². The number of hydrogen-bond acceptors (Lipinski definition) is 3. The number of nitrogens with one attached hydrogen (secondary N) is 1. The average molecular weight is 290 g/mol. The highest BCUT2D eigenvalue weighted by Crippen LogP contribution is 2.43. The third-order valence-electron chi connectivity index (χ3n) is 4.47. The first-order chi connectivity index (χ1) is 9.92. The molecular weight excluding hydrogens is 264 g/mol. The Kier molecular flexibility index (Phi) is 4.86. The molecule has 4 nitrogen and oxygen atoms in total. The van der Waals surface area contributed by atoms with Crippen LogP contribution < -0.4 is 5.32 Å². The van der Waals surface area contributed by atoms with Crippen LogP contribution in [0.5, 0.6) is 0 Å². The van der Waals surface area contributed by atoms with Gasteiger partial charge in [0.25, 0.3) is 0 Å². The van der Waals surface area contributed by atoms with Gasteiger partial charge in [-0.25, -0.2) is 9.78 Å². The van der Waals surface area contributed by atoms with Gasteiger partial charge in [0.05, 0.1) is 11.3 Å². The first kappa shape index (κ1) is 15.8. The Morgan fingerprint density at radius 1 is 1.38 bits per heavy atom. The minimum Gasteiger partial charge on any atom is -0.478 e. The van der Waals surface area contributed by atoms with Crippen LogP contribution in [0.25, 0.3) is 0 Å². The van der Waals surface area contributed by atoms with Crippen LogP contribution in [0.3, 0.4) is 0 Å². The van der Waals surface area contributed by atoms with Crippen molar-refractivity contribution in [3.05, 3.63) is 23.4 Å². The number of hydrogen-bond donors (Lipinski definition) is 2. The van der Waals surface area contributed by atoms with Gasteiger partial charge in [0.15, 0.2) is 0 Å². The van der Waals surface area contributed by atoms with Gasteiger partial charge < -0.3 is 10.4 Å². The first-order valence-electron chi connectivity index (χ1n) is 7.87. The zero-order chi connectivity index (χ0) is 15.5. The van der Waals surface area contributed by atoms with E-state index in [4.69, 9.17) is 5.11 Å². The Labute approximate surface area is 127 Å². The number of aryl methyl sites for hydroxylation is 1. The van der Waals surface area contributed by atoms with Gasteiger partial charge in [-0.05, 0) is 49.7 Å². The van der Waals surface area contributed by atoms with Crippen LogP contribution in [0.4, 0.5) is 5.82 Å². The summed E-state index contributed by atoms with van der Waals surface area (Å²) in [4.78, 5) is 15.4. The van der Waals surface area contributed by atoms with Crippen LogP contribution in [0.1, 0.15) is 62.0 Å². The van der Waals surface area contributed by atoms with E-state index in [1.807, 2.05) is 0 Å². The monoisotopic (exact) mass is 290 g/mol. The number of anilines is 1. The highest BCUT2D eigenvalue weighted by atomic mass is 16.4. The summed E-state index contributed by atoms with van der Waals surface area (Å²) >= 11 is 0. The number of nitrogens with zero attached hydrogens (tertiary/aromatic N) is 1. The van der Waals surface area contributed by atoms with Crippen LogP contribution in [-0.2, 0) is 0 Å². The summed E-state index contributed by atoms with van der Waals surface area (Å²) in [6.07, 6.45) is 6.44. The molecule has 4 heteroatoms. The molecule has 1 fully saturated rings. The van der Waals surface area contributed by atoms with E-state index in [-0.39, 0.29) is 5.56 Å². The number of aromatic nitrogens is 1. The maximum Gasteiger partial charge on any atom is 0.337 e. The second-order valence-corrected chi connectivity index (χ2v) is 6.79. The van der Waals surface area contributed by atoms with Gasteiger partial charge in [-0.15, -0.1) is 0 Å². The van der Waals surface area contributed by atoms with E-state index in [1.54, 1.807) is 19.1 Å². The number of carboxylic acid groups (broad SMARTS) is 1. The fourth-order valence-electron chi connectivity index (χ4n) is 3.61. The zero-order valence-corrected chi connectivity index (χ0v) is 13.3. The normalized spacial score (nSPS) is 17.1. The fourth-order valence-corrected chi connectivity index (χ4v) is 3.61. The SMILES string of the molecule is Cc1nc(NCC2(CC(C)C)CCCC2)ccc1C(=O)O. The van der Waals surface area contributed by atoms with Gasteiger partial charge in [-0.3, -0.25) is 0 Å². The van der Waals surface area contributed by atoms with Crippen LogP contribution in [0.2, 0.25) is 0 Å². The maximum atomic E-state index is 11.0. The summed E-state index contributed by atoms with van der Waals surface area (Å²) in [5, 5.41) is 12.5.